The Bertz CT molecular complexity index is 434. The summed E-state index contributed by atoms with van der Waals surface area (Å²) in [6.07, 6.45) is 3.79. The van der Waals surface area contributed by atoms with Gasteiger partial charge in [-0.15, -0.1) is 4.31 Å². The van der Waals surface area contributed by atoms with Crippen molar-refractivity contribution in [3.63, 3.8) is 0 Å². The van der Waals surface area contributed by atoms with E-state index < -0.39 is 11.4 Å². The molecule has 1 aliphatic rings. The summed E-state index contributed by atoms with van der Waals surface area (Å²) in [4.78, 5) is 4.25. The van der Waals surface area contributed by atoms with Crippen molar-refractivity contribution < 1.29 is 9.29 Å². The van der Waals surface area contributed by atoms with Gasteiger partial charge in [0.2, 0.25) is 5.88 Å². The first-order valence-corrected chi connectivity index (χ1v) is 7.73. The summed E-state index contributed by atoms with van der Waals surface area (Å²) in [6, 6.07) is 4.08. The number of hydrogen-bond donors (Lipinski definition) is 0. The maximum atomic E-state index is 12.6. The van der Waals surface area contributed by atoms with Gasteiger partial charge < -0.3 is 9.29 Å². The molecule has 1 aromatic rings. The second kappa shape index (κ2) is 5.69. The minimum atomic E-state index is -1.00. The smallest absolute Gasteiger partial charge is 0.218 e. The van der Waals surface area contributed by atoms with E-state index in [4.69, 9.17) is 4.74 Å². The maximum absolute atomic E-state index is 12.6. The highest BCUT2D eigenvalue weighted by Crippen LogP contribution is 2.40. The Kier molecular flexibility index (Phi) is 4.38. The topological polar surface area (TPSA) is 48.4 Å². The van der Waals surface area contributed by atoms with E-state index in [1.165, 1.54) is 0 Å². The molecule has 0 unspecified atom stereocenters. The van der Waals surface area contributed by atoms with Crippen LogP contribution in [0.25, 0.3) is 0 Å². The van der Waals surface area contributed by atoms with Crippen LogP contribution < -0.4 is 4.74 Å². The molecule has 0 aromatic carbocycles. The molecule has 1 aromatic heterocycles. The molecule has 0 bridgehead atoms. The predicted octanol–water partition coefficient (Wildman–Crippen LogP) is 2.69. The molecular formula is C14H22N2O2S. The van der Waals surface area contributed by atoms with Crippen LogP contribution in [0.1, 0.15) is 45.2 Å². The van der Waals surface area contributed by atoms with Crippen molar-refractivity contribution in [1.82, 2.24) is 9.29 Å². The third-order valence-corrected chi connectivity index (χ3v) is 5.20. The average molecular weight is 282 g/mol. The highest BCUT2D eigenvalue weighted by Gasteiger charge is 2.42. The van der Waals surface area contributed by atoms with E-state index in [-0.39, 0.29) is 10.8 Å². The Labute approximate surface area is 118 Å². The van der Waals surface area contributed by atoms with Crippen molar-refractivity contribution in [3.05, 3.63) is 23.9 Å². The van der Waals surface area contributed by atoms with E-state index in [9.17, 15) is 4.55 Å². The fourth-order valence-electron chi connectivity index (χ4n) is 2.43. The quantitative estimate of drug-likeness (QED) is 0.800. The lowest BCUT2D eigenvalue weighted by molar-refractivity contribution is 0.350. The van der Waals surface area contributed by atoms with Crippen molar-refractivity contribution in [2.24, 2.45) is 0 Å². The molecular weight excluding hydrogens is 260 g/mol. The monoisotopic (exact) mass is 282 g/mol. The molecule has 106 valence electrons. The van der Waals surface area contributed by atoms with Crippen molar-refractivity contribution in [3.8, 4) is 5.88 Å². The lowest BCUT2D eigenvalue weighted by atomic mass is 10.1. The minimum absolute atomic E-state index is 0.142. The van der Waals surface area contributed by atoms with Crippen molar-refractivity contribution in [2.75, 3.05) is 13.7 Å². The fraction of sp³-hybridized carbons (Fsp3) is 0.643. The SMILES string of the molecule is COc1ncccc1[C@@H]1CCCN1[S@+]([O-])C(C)(C)C. The Morgan fingerprint density at radius 3 is 2.84 bits per heavy atom. The third kappa shape index (κ3) is 3.04. The van der Waals surface area contributed by atoms with E-state index >= 15 is 0 Å². The van der Waals surface area contributed by atoms with E-state index in [1.807, 2.05) is 32.9 Å². The standard InChI is InChI=1S/C14H22N2O2S/c1-14(2,3)19(17)16-10-6-8-12(16)11-7-5-9-15-13(11)18-4/h5,7,9,12H,6,8,10H2,1-4H3/t12-,19+/m0/s1. The van der Waals surface area contributed by atoms with Crippen LogP contribution in [0.5, 0.6) is 5.88 Å². The van der Waals surface area contributed by atoms with Gasteiger partial charge in [0.25, 0.3) is 0 Å². The van der Waals surface area contributed by atoms with Gasteiger partial charge in [0.1, 0.15) is 4.75 Å². The molecule has 2 rings (SSSR count). The Hall–Kier alpha value is -0.780. The Morgan fingerprint density at radius 1 is 1.47 bits per heavy atom. The third-order valence-electron chi connectivity index (χ3n) is 3.29. The first-order chi connectivity index (χ1) is 8.95. The number of ether oxygens (including phenoxy) is 1. The molecule has 0 aliphatic carbocycles. The summed E-state index contributed by atoms with van der Waals surface area (Å²) in [5.74, 6) is 0.644. The first kappa shape index (κ1) is 14.6. The molecule has 0 radical (unpaired) electrons. The molecule has 4 nitrogen and oxygen atoms in total. The van der Waals surface area contributed by atoms with Crippen LogP contribution in [0, 0.1) is 0 Å². The van der Waals surface area contributed by atoms with E-state index in [0.717, 1.165) is 24.9 Å². The molecule has 2 heterocycles. The lowest BCUT2D eigenvalue weighted by Crippen LogP contribution is -2.42. The number of nitrogens with zero attached hydrogens (tertiary/aromatic N) is 2. The molecule has 0 spiro atoms. The average Bonchev–Trinajstić information content (AvgIpc) is 2.85. The Balaban J connectivity index is 2.28. The van der Waals surface area contributed by atoms with Gasteiger partial charge in [0.15, 0.2) is 0 Å². The van der Waals surface area contributed by atoms with Crippen molar-refractivity contribution in [2.45, 2.75) is 44.4 Å². The van der Waals surface area contributed by atoms with Crippen molar-refractivity contribution in [1.29, 1.82) is 0 Å². The van der Waals surface area contributed by atoms with Gasteiger partial charge >= 0.3 is 0 Å². The van der Waals surface area contributed by atoms with Gasteiger partial charge in [-0.3, -0.25) is 0 Å². The highest BCUT2D eigenvalue weighted by atomic mass is 32.2. The molecule has 1 aliphatic heterocycles. The van der Waals surface area contributed by atoms with E-state index in [0.29, 0.717) is 5.88 Å². The van der Waals surface area contributed by atoms with Crippen LogP contribution in [-0.4, -0.2) is 32.2 Å². The fourth-order valence-corrected chi connectivity index (χ4v) is 3.88. The predicted molar refractivity (Wildman–Crippen MR) is 77.4 cm³/mol. The van der Waals surface area contributed by atoms with Gasteiger partial charge in [-0.25, -0.2) is 4.98 Å². The van der Waals surface area contributed by atoms with Gasteiger partial charge in [-0.2, -0.15) is 0 Å². The van der Waals surface area contributed by atoms with Crippen LogP contribution in [0.15, 0.2) is 18.3 Å². The zero-order chi connectivity index (χ0) is 14.0. The van der Waals surface area contributed by atoms with Crippen LogP contribution in [0.4, 0.5) is 0 Å². The maximum Gasteiger partial charge on any atom is 0.218 e. The molecule has 0 amide bonds. The number of hydrogen-bond acceptors (Lipinski definition) is 4. The normalized spacial score (nSPS) is 22.5. The molecule has 2 atom stereocenters. The number of pyridine rings is 1. The molecule has 0 N–H and O–H groups in total. The van der Waals surface area contributed by atoms with Gasteiger partial charge in [-0.05, 0) is 39.7 Å². The van der Waals surface area contributed by atoms with Gasteiger partial charge in [0, 0.05) is 29.7 Å². The highest BCUT2D eigenvalue weighted by molar-refractivity contribution is 7.90. The number of rotatable bonds is 3. The molecule has 1 saturated heterocycles. The minimum Gasteiger partial charge on any atom is -0.597 e. The summed E-state index contributed by atoms with van der Waals surface area (Å²) in [5, 5.41) is 0. The summed E-state index contributed by atoms with van der Waals surface area (Å²) < 4.78 is 19.8. The molecule has 5 heteroatoms. The Morgan fingerprint density at radius 2 is 2.21 bits per heavy atom. The van der Waals surface area contributed by atoms with Crippen LogP contribution in [0.3, 0.4) is 0 Å². The molecule has 1 fully saturated rings. The first-order valence-electron chi connectivity index (χ1n) is 6.62. The van der Waals surface area contributed by atoms with Crippen LogP contribution in [-0.2, 0) is 11.4 Å². The summed E-state index contributed by atoms with van der Waals surface area (Å²) in [6.45, 7) is 6.91. The lowest BCUT2D eigenvalue weighted by Gasteiger charge is -2.33. The largest absolute Gasteiger partial charge is 0.597 e. The van der Waals surface area contributed by atoms with E-state index in [1.54, 1.807) is 13.3 Å². The summed E-state index contributed by atoms with van der Waals surface area (Å²) in [7, 11) is 1.63. The molecule has 0 saturated carbocycles. The number of methoxy groups -OCH3 is 1. The van der Waals surface area contributed by atoms with Crippen LogP contribution in [0.2, 0.25) is 0 Å². The van der Waals surface area contributed by atoms with Crippen molar-refractivity contribution >= 4 is 11.4 Å². The zero-order valence-corrected chi connectivity index (χ0v) is 12.9. The van der Waals surface area contributed by atoms with E-state index in [2.05, 4.69) is 9.29 Å². The van der Waals surface area contributed by atoms with Crippen LogP contribution >= 0.6 is 0 Å². The molecule has 19 heavy (non-hydrogen) atoms. The number of aromatic nitrogens is 1. The second-order valence-corrected chi connectivity index (χ2v) is 7.95. The summed E-state index contributed by atoms with van der Waals surface area (Å²) in [5.41, 5.74) is 1.04. The summed E-state index contributed by atoms with van der Waals surface area (Å²) >= 11 is -1.00. The van der Waals surface area contributed by atoms with Gasteiger partial charge in [0.05, 0.1) is 13.2 Å². The second-order valence-electron chi connectivity index (χ2n) is 5.76. The van der Waals surface area contributed by atoms with Gasteiger partial charge in [-0.1, -0.05) is 6.07 Å². The zero-order valence-electron chi connectivity index (χ0n) is 12.0.